The second kappa shape index (κ2) is 5.41. The van der Waals surface area contributed by atoms with Crippen molar-refractivity contribution in [2.75, 3.05) is 23.5 Å². The van der Waals surface area contributed by atoms with E-state index >= 15 is 0 Å². The van der Waals surface area contributed by atoms with Gasteiger partial charge in [-0.1, -0.05) is 6.07 Å². The number of anilines is 2. The van der Waals surface area contributed by atoms with Crippen LogP contribution in [-0.2, 0) is 4.74 Å². The fourth-order valence-electron chi connectivity index (χ4n) is 2.31. The number of hydrogen-bond donors (Lipinski definition) is 2. The molecule has 2 atom stereocenters. The lowest BCUT2D eigenvalue weighted by Gasteiger charge is -2.38. The maximum atomic E-state index is 11.3. The number of para-hydroxylation sites is 1. The molecule has 2 unspecified atom stereocenters. The molecule has 1 aromatic rings. The summed E-state index contributed by atoms with van der Waals surface area (Å²) in [6.07, 6.45) is 0.0466. The third-order valence-electron chi connectivity index (χ3n) is 3.27. The van der Waals surface area contributed by atoms with E-state index in [9.17, 15) is 10.1 Å². The second-order valence-electron chi connectivity index (χ2n) is 4.72. The lowest BCUT2D eigenvalue weighted by molar-refractivity contribution is -0.383. The van der Waals surface area contributed by atoms with E-state index in [1.54, 1.807) is 18.2 Å². The lowest BCUT2D eigenvalue weighted by atomic mass is 10.1. The highest BCUT2D eigenvalue weighted by molar-refractivity contribution is 5.77. The predicted octanol–water partition coefficient (Wildman–Crippen LogP) is 1.49. The van der Waals surface area contributed by atoms with Gasteiger partial charge < -0.3 is 15.1 Å². The Morgan fingerprint density at radius 3 is 2.89 bits per heavy atom. The zero-order valence-electron chi connectivity index (χ0n) is 11.0. The molecule has 1 saturated heterocycles. The monoisotopic (exact) mass is 266 g/mol. The Hall–Kier alpha value is -1.86. The number of nitrogens with two attached hydrogens (primary N) is 1. The molecule has 1 aliphatic rings. The second-order valence-corrected chi connectivity index (χ2v) is 4.72. The van der Waals surface area contributed by atoms with Crippen molar-refractivity contribution in [3.63, 3.8) is 0 Å². The number of ether oxygens (including phenoxy) is 1. The van der Waals surface area contributed by atoms with Gasteiger partial charge in [0.15, 0.2) is 0 Å². The minimum absolute atomic E-state index is 0.00551. The maximum Gasteiger partial charge on any atom is 0.316 e. The average Bonchev–Trinajstić information content (AvgIpc) is 2.40. The number of hydrazine groups is 1. The molecule has 19 heavy (non-hydrogen) atoms. The Bertz CT molecular complexity index is 480. The van der Waals surface area contributed by atoms with E-state index in [2.05, 4.69) is 5.43 Å². The van der Waals surface area contributed by atoms with E-state index in [1.807, 2.05) is 18.7 Å². The summed E-state index contributed by atoms with van der Waals surface area (Å²) in [5.41, 5.74) is 3.27. The van der Waals surface area contributed by atoms with E-state index in [-0.39, 0.29) is 17.8 Å². The summed E-state index contributed by atoms with van der Waals surface area (Å²) in [7, 11) is 0. The van der Waals surface area contributed by atoms with E-state index in [1.165, 1.54) is 0 Å². The van der Waals surface area contributed by atoms with E-state index in [0.29, 0.717) is 24.5 Å². The molecule has 0 aliphatic carbocycles. The summed E-state index contributed by atoms with van der Waals surface area (Å²) in [6.45, 7) is 5.11. The van der Waals surface area contributed by atoms with Crippen LogP contribution in [-0.4, -0.2) is 30.2 Å². The zero-order valence-corrected chi connectivity index (χ0v) is 11.0. The summed E-state index contributed by atoms with van der Waals surface area (Å²) in [5, 5.41) is 11.3. The zero-order chi connectivity index (χ0) is 14.0. The average molecular weight is 266 g/mol. The van der Waals surface area contributed by atoms with Crippen LogP contribution in [0.25, 0.3) is 0 Å². The van der Waals surface area contributed by atoms with Gasteiger partial charge in [0.05, 0.1) is 17.6 Å². The smallest absolute Gasteiger partial charge is 0.316 e. The van der Waals surface area contributed by atoms with Crippen LogP contribution >= 0.6 is 0 Å². The molecule has 0 aromatic heterocycles. The number of morpholine rings is 1. The van der Waals surface area contributed by atoms with Gasteiger partial charge in [-0.15, -0.1) is 0 Å². The highest BCUT2D eigenvalue weighted by Crippen LogP contribution is 2.36. The molecule has 0 bridgehead atoms. The summed E-state index contributed by atoms with van der Waals surface area (Å²) in [4.78, 5) is 12.9. The lowest BCUT2D eigenvalue weighted by Crippen LogP contribution is -2.47. The highest BCUT2D eigenvalue weighted by Gasteiger charge is 2.30. The Kier molecular flexibility index (Phi) is 3.87. The molecule has 7 nitrogen and oxygen atoms in total. The van der Waals surface area contributed by atoms with Crippen molar-refractivity contribution in [3.8, 4) is 0 Å². The number of benzene rings is 1. The van der Waals surface area contributed by atoms with Gasteiger partial charge in [0.2, 0.25) is 0 Å². The first kappa shape index (κ1) is 13.6. The summed E-state index contributed by atoms with van der Waals surface area (Å²) in [5.74, 6) is 5.35. The third kappa shape index (κ3) is 2.61. The summed E-state index contributed by atoms with van der Waals surface area (Å²) < 4.78 is 5.55. The maximum absolute atomic E-state index is 11.3. The minimum Gasteiger partial charge on any atom is -0.375 e. The van der Waals surface area contributed by atoms with Gasteiger partial charge in [0.1, 0.15) is 11.4 Å². The standard InChI is InChI=1S/C12H18N4O3/c1-8-7-19-9(2)6-15(8)11-5-3-4-10(14-13)12(11)16(17)18/h3-5,8-9,14H,6-7,13H2,1-2H3. The predicted molar refractivity (Wildman–Crippen MR) is 73.1 cm³/mol. The molecule has 1 aromatic carbocycles. The van der Waals surface area contributed by atoms with Crippen LogP contribution in [0.2, 0.25) is 0 Å². The van der Waals surface area contributed by atoms with Crippen LogP contribution in [0.3, 0.4) is 0 Å². The van der Waals surface area contributed by atoms with Crippen molar-refractivity contribution >= 4 is 17.1 Å². The third-order valence-corrected chi connectivity index (χ3v) is 3.27. The normalized spacial score (nSPS) is 23.2. The van der Waals surface area contributed by atoms with Crippen molar-refractivity contribution in [1.82, 2.24) is 0 Å². The van der Waals surface area contributed by atoms with Gasteiger partial charge in [0, 0.05) is 12.6 Å². The number of hydrogen-bond acceptors (Lipinski definition) is 6. The quantitative estimate of drug-likeness (QED) is 0.489. The first-order valence-corrected chi connectivity index (χ1v) is 6.17. The molecule has 1 fully saturated rings. The summed E-state index contributed by atoms with van der Waals surface area (Å²) in [6, 6.07) is 5.18. The number of nitro groups is 1. The largest absolute Gasteiger partial charge is 0.375 e. The van der Waals surface area contributed by atoms with Crippen molar-refractivity contribution in [2.45, 2.75) is 26.0 Å². The van der Waals surface area contributed by atoms with E-state index in [0.717, 1.165) is 0 Å². The van der Waals surface area contributed by atoms with Crippen molar-refractivity contribution in [3.05, 3.63) is 28.3 Å². The Labute approximate surface area is 111 Å². The Morgan fingerprint density at radius 1 is 1.53 bits per heavy atom. The molecule has 1 heterocycles. The number of nitro benzene ring substituents is 1. The van der Waals surface area contributed by atoms with Gasteiger partial charge in [-0.05, 0) is 26.0 Å². The number of nitrogen functional groups attached to an aromatic ring is 1. The number of nitrogens with one attached hydrogen (secondary N) is 1. The molecule has 0 saturated carbocycles. The fourth-order valence-corrected chi connectivity index (χ4v) is 2.31. The topological polar surface area (TPSA) is 93.7 Å². The van der Waals surface area contributed by atoms with Crippen LogP contribution in [0, 0.1) is 10.1 Å². The molecule has 0 radical (unpaired) electrons. The SMILES string of the molecule is CC1CN(c2cccc(NN)c2[N+](=O)[O-])C(C)CO1. The van der Waals surface area contributed by atoms with Crippen LogP contribution < -0.4 is 16.2 Å². The van der Waals surface area contributed by atoms with Gasteiger partial charge in [-0.2, -0.15) is 0 Å². The number of nitrogens with zero attached hydrogens (tertiary/aromatic N) is 2. The van der Waals surface area contributed by atoms with Gasteiger partial charge in [-0.3, -0.25) is 16.0 Å². The van der Waals surface area contributed by atoms with Crippen LogP contribution in [0.15, 0.2) is 18.2 Å². The van der Waals surface area contributed by atoms with Crippen LogP contribution in [0.4, 0.5) is 17.1 Å². The van der Waals surface area contributed by atoms with Crippen LogP contribution in [0.5, 0.6) is 0 Å². The molecule has 7 heteroatoms. The Morgan fingerprint density at radius 2 is 2.26 bits per heavy atom. The molecular weight excluding hydrogens is 248 g/mol. The van der Waals surface area contributed by atoms with Gasteiger partial charge >= 0.3 is 5.69 Å². The highest BCUT2D eigenvalue weighted by atomic mass is 16.6. The molecule has 3 N–H and O–H groups in total. The number of rotatable bonds is 3. The summed E-state index contributed by atoms with van der Waals surface area (Å²) >= 11 is 0. The van der Waals surface area contributed by atoms with Gasteiger partial charge in [-0.25, -0.2) is 0 Å². The fraction of sp³-hybridized carbons (Fsp3) is 0.500. The molecule has 0 spiro atoms. The van der Waals surface area contributed by atoms with Gasteiger partial charge in [0.25, 0.3) is 0 Å². The first-order chi connectivity index (χ1) is 9.04. The molecule has 0 amide bonds. The van der Waals surface area contributed by atoms with E-state index < -0.39 is 4.92 Å². The van der Waals surface area contributed by atoms with Crippen molar-refractivity contribution in [1.29, 1.82) is 0 Å². The Balaban J connectivity index is 2.46. The molecular formula is C12H18N4O3. The minimum atomic E-state index is -0.405. The van der Waals surface area contributed by atoms with Crippen LogP contribution in [0.1, 0.15) is 13.8 Å². The van der Waals surface area contributed by atoms with Crippen molar-refractivity contribution < 1.29 is 9.66 Å². The molecule has 2 rings (SSSR count). The molecule has 104 valence electrons. The molecule has 1 aliphatic heterocycles. The van der Waals surface area contributed by atoms with Crippen molar-refractivity contribution in [2.24, 2.45) is 5.84 Å². The van der Waals surface area contributed by atoms with E-state index in [4.69, 9.17) is 10.6 Å². The first-order valence-electron chi connectivity index (χ1n) is 6.17.